The summed E-state index contributed by atoms with van der Waals surface area (Å²) in [5.74, 6) is 0.405. The highest BCUT2D eigenvalue weighted by atomic mass is 16.5. The van der Waals surface area contributed by atoms with Gasteiger partial charge >= 0.3 is 0 Å². The molecule has 0 atom stereocenters. The van der Waals surface area contributed by atoms with E-state index in [9.17, 15) is 9.59 Å². The van der Waals surface area contributed by atoms with Crippen LogP contribution >= 0.6 is 0 Å². The standard InChI is InChI=1S/C19H21N3O3/c1-3-25-19-16(5-4-9-20-19)12-21-18(24)15-6-7-17-14(11-15)8-10-22(17)13(2)23/h4-7,9,11H,3,8,10,12H2,1-2H3,(H,21,24). The first kappa shape index (κ1) is 17.0. The predicted molar refractivity (Wildman–Crippen MR) is 94.7 cm³/mol. The summed E-state index contributed by atoms with van der Waals surface area (Å²) in [6, 6.07) is 9.15. The van der Waals surface area contributed by atoms with Crippen molar-refractivity contribution in [3.05, 3.63) is 53.2 Å². The molecule has 0 radical (unpaired) electrons. The lowest BCUT2D eigenvalue weighted by Gasteiger charge is -2.15. The second-order valence-electron chi connectivity index (χ2n) is 5.85. The smallest absolute Gasteiger partial charge is 0.251 e. The van der Waals surface area contributed by atoms with Gasteiger partial charge < -0.3 is 15.0 Å². The minimum Gasteiger partial charge on any atom is -0.478 e. The van der Waals surface area contributed by atoms with Crippen molar-refractivity contribution in [1.82, 2.24) is 10.3 Å². The summed E-state index contributed by atoms with van der Waals surface area (Å²) < 4.78 is 5.47. The number of benzene rings is 1. The zero-order valence-electron chi connectivity index (χ0n) is 14.4. The van der Waals surface area contributed by atoms with Crippen molar-refractivity contribution in [2.24, 2.45) is 0 Å². The topological polar surface area (TPSA) is 71.5 Å². The lowest BCUT2D eigenvalue weighted by Crippen LogP contribution is -2.26. The molecule has 130 valence electrons. The molecular weight excluding hydrogens is 318 g/mol. The maximum absolute atomic E-state index is 12.4. The van der Waals surface area contributed by atoms with Crippen molar-refractivity contribution in [2.45, 2.75) is 26.8 Å². The van der Waals surface area contributed by atoms with Gasteiger partial charge in [-0.1, -0.05) is 6.07 Å². The largest absolute Gasteiger partial charge is 0.478 e. The Morgan fingerprint density at radius 2 is 2.16 bits per heavy atom. The molecule has 0 saturated carbocycles. The van der Waals surface area contributed by atoms with E-state index < -0.39 is 0 Å². The summed E-state index contributed by atoms with van der Waals surface area (Å²) >= 11 is 0. The van der Waals surface area contributed by atoms with Crippen molar-refractivity contribution in [1.29, 1.82) is 0 Å². The van der Waals surface area contributed by atoms with E-state index in [1.54, 1.807) is 24.1 Å². The van der Waals surface area contributed by atoms with Gasteiger partial charge in [0.2, 0.25) is 11.8 Å². The zero-order chi connectivity index (χ0) is 17.8. The maximum Gasteiger partial charge on any atom is 0.251 e. The van der Waals surface area contributed by atoms with Crippen molar-refractivity contribution in [3.8, 4) is 5.88 Å². The lowest BCUT2D eigenvalue weighted by molar-refractivity contribution is -0.116. The monoisotopic (exact) mass is 339 g/mol. The molecule has 1 aromatic carbocycles. The number of aromatic nitrogens is 1. The fraction of sp³-hybridized carbons (Fsp3) is 0.316. The van der Waals surface area contributed by atoms with Gasteiger partial charge in [0.05, 0.1) is 6.61 Å². The minimum atomic E-state index is -0.157. The summed E-state index contributed by atoms with van der Waals surface area (Å²) in [7, 11) is 0. The highest BCUT2D eigenvalue weighted by Gasteiger charge is 2.23. The van der Waals surface area contributed by atoms with Crippen molar-refractivity contribution in [2.75, 3.05) is 18.1 Å². The molecule has 3 rings (SSSR count). The summed E-state index contributed by atoms with van der Waals surface area (Å²) in [4.78, 5) is 30.0. The molecule has 2 aromatic rings. The van der Waals surface area contributed by atoms with Crippen molar-refractivity contribution >= 4 is 17.5 Å². The molecule has 1 aliphatic heterocycles. The van der Waals surface area contributed by atoms with Gasteiger partial charge in [-0.15, -0.1) is 0 Å². The Labute approximate surface area is 146 Å². The third-order valence-corrected chi connectivity index (χ3v) is 4.19. The van der Waals surface area contributed by atoms with E-state index >= 15 is 0 Å². The molecule has 1 aromatic heterocycles. The van der Waals surface area contributed by atoms with Crippen LogP contribution in [0.15, 0.2) is 36.5 Å². The Morgan fingerprint density at radius 3 is 2.92 bits per heavy atom. The molecule has 0 saturated heterocycles. The van der Waals surface area contributed by atoms with Crippen LogP contribution in [-0.4, -0.2) is 29.9 Å². The minimum absolute atomic E-state index is 0.0241. The molecule has 2 amide bonds. The molecule has 6 heteroatoms. The van der Waals surface area contributed by atoms with Gasteiger partial charge in [0.25, 0.3) is 5.91 Å². The Bertz CT molecular complexity index is 804. The van der Waals surface area contributed by atoms with Crippen LogP contribution in [0.5, 0.6) is 5.88 Å². The fourth-order valence-electron chi connectivity index (χ4n) is 2.97. The number of anilines is 1. The number of hydrogen-bond donors (Lipinski definition) is 1. The molecule has 0 spiro atoms. The molecular formula is C19H21N3O3. The number of fused-ring (bicyclic) bond motifs is 1. The van der Waals surface area contributed by atoms with Gasteiger partial charge in [0, 0.05) is 43.0 Å². The highest BCUT2D eigenvalue weighted by Crippen LogP contribution is 2.28. The van der Waals surface area contributed by atoms with Gasteiger partial charge in [-0.2, -0.15) is 0 Å². The van der Waals surface area contributed by atoms with E-state index in [0.29, 0.717) is 31.1 Å². The van der Waals surface area contributed by atoms with Gasteiger partial charge in [-0.05, 0) is 43.2 Å². The van der Waals surface area contributed by atoms with Crippen LogP contribution in [-0.2, 0) is 17.8 Å². The molecule has 1 N–H and O–H groups in total. The first-order chi connectivity index (χ1) is 12.1. The van der Waals surface area contributed by atoms with Crippen LogP contribution in [0.2, 0.25) is 0 Å². The molecule has 0 aliphatic carbocycles. The third-order valence-electron chi connectivity index (χ3n) is 4.19. The van der Waals surface area contributed by atoms with Crippen LogP contribution in [0.4, 0.5) is 5.69 Å². The van der Waals surface area contributed by atoms with Crippen LogP contribution in [0, 0.1) is 0 Å². The second kappa shape index (κ2) is 7.34. The van der Waals surface area contributed by atoms with Crippen molar-refractivity contribution in [3.63, 3.8) is 0 Å². The SMILES string of the molecule is CCOc1ncccc1CNC(=O)c1ccc2c(c1)CCN2C(C)=O. The average Bonchev–Trinajstić information content (AvgIpc) is 3.04. The summed E-state index contributed by atoms with van der Waals surface area (Å²) in [6.07, 6.45) is 2.44. The number of rotatable bonds is 5. The first-order valence-corrected chi connectivity index (χ1v) is 8.36. The number of amides is 2. The Kier molecular flexibility index (Phi) is 4.97. The van der Waals surface area contributed by atoms with Gasteiger partial charge in [0.15, 0.2) is 0 Å². The second-order valence-corrected chi connectivity index (χ2v) is 5.85. The van der Waals surface area contributed by atoms with E-state index in [-0.39, 0.29) is 11.8 Å². The fourth-order valence-corrected chi connectivity index (χ4v) is 2.97. The Balaban J connectivity index is 1.70. The number of pyridine rings is 1. The molecule has 0 unspecified atom stereocenters. The highest BCUT2D eigenvalue weighted by molar-refractivity contribution is 5.97. The number of hydrogen-bond acceptors (Lipinski definition) is 4. The average molecular weight is 339 g/mol. The predicted octanol–water partition coefficient (Wildman–Crippen LogP) is 2.32. The number of nitrogens with zero attached hydrogens (tertiary/aromatic N) is 2. The van der Waals surface area contributed by atoms with Gasteiger partial charge in [-0.3, -0.25) is 9.59 Å². The van der Waals surface area contributed by atoms with E-state index in [1.165, 1.54) is 0 Å². The van der Waals surface area contributed by atoms with E-state index in [1.807, 2.05) is 31.2 Å². The van der Waals surface area contributed by atoms with Crippen LogP contribution < -0.4 is 15.0 Å². The third kappa shape index (κ3) is 3.63. The number of ether oxygens (including phenoxy) is 1. The molecule has 0 fully saturated rings. The zero-order valence-corrected chi connectivity index (χ0v) is 14.4. The van der Waals surface area contributed by atoms with Crippen LogP contribution in [0.25, 0.3) is 0 Å². The molecule has 2 heterocycles. The van der Waals surface area contributed by atoms with Crippen LogP contribution in [0.3, 0.4) is 0 Å². The van der Waals surface area contributed by atoms with E-state index in [0.717, 1.165) is 23.2 Å². The number of carbonyl (C=O) groups is 2. The number of carbonyl (C=O) groups excluding carboxylic acids is 2. The summed E-state index contributed by atoms with van der Waals surface area (Å²) in [5.41, 5.74) is 3.35. The van der Waals surface area contributed by atoms with Crippen molar-refractivity contribution < 1.29 is 14.3 Å². The van der Waals surface area contributed by atoms with E-state index in [4.69, 9.17) is 4.74 Å². The van der Waals surface area contributed by atoms with Crippen LogP contribution in [0.1, 0.15) is 35.3 Å². The molecule has 0 bridgehead atoms. The first-order valence-electron chi connectivity index (χ1n) is 8.36. The molecule has 25 heavy (non-hydrogen) atoms. The molecule has 6 nitrogen and oxygen atoms in total. The number of nitrogens with one attached hydrogen (secondary N) is 1. The summed E-state index contributed by atoms with van der Waals surface area (Å²) in [6.45, 7) is 4.99. The Morgan fingerprint density at radius 1 is 1.32 bits per heavy atom. The summed E-state index contributed by atoms with van der Waals surface area (Å²) in [5, 5.41) is 2.90. The normalized spacial score (nSPS) is 12.6. The van der Waals surface area contributed by atoms with E-state index in [2.05, 4.69) is 10.3 Å². The Hall–Kier alpha value is -2.89. The van der Waals surface area contributed by atoms with Gasteiger partial charge in [0.1, 0.15) is 0 Å². The molecule has 1 aliphatic rings. The van der Waals surface area contributed by atoms with Gasteiger partial charge in [-0.25, -0.2) is 4.98 Å². The quantitative estimate of drug-likeness (QED) is 0.907. The maximum atomic E-state index is 12.4. The lowest BCUT2D eigenvalue weighted by atomic mass is 10.1.